The number of nitrogens with zero attached hydrogens (tertiary/aromatic N) is 1. The monoisotopic (exact) mass is 139 g/mol. The molecule has 0 saturated carbocycles. The highest BCUT2D eigenvalue weighted by atomic mass is 14.7. The normalized spacial score (nSPS) is 16.2. The largest absolute Gasteiger partial charge is 0.297 e. The van der Waals surface area contributed by atoms with Crippen LogP contribution in [0.15, 0.2) is 16.6 Å². The van der Waals surface area contributed by atoms with Crippen molar-refractivity contribution in [2.45, 2.75) is 27.7 Å². The van der Waals surface area contributed by atoms with Gasteiger partial charge in [0.15, 0.2) is 0 Å². The van der Waals surface area contributed by atoms with E-state index in [1.165, 1.54) is 5.57 Å². The molecule has 0 radical (unpaired) electrons. The minimum atomic E-state index is 0.598. The minimum Gasteiger partial charge on any atom is -0.297 e. The van der Waals surface area contributed by atoms with Gasteiger partial charge in [-0.25, -0.2) is 0 Å². The van der Waals surface area contributed by atoms with Gasteiger partial charge in [0, 0.05) is 6.54 Å². The first-order valence-electron chi connectivity index (χ1n) is 3.79. The molecule has 1 heteroatoms. The Bertz CT molecular complexity index is 134. The Labute approximate surface area is 63.9 Å². The van der Waals surface area contributed by atoms with Crippen LogP contribution in [0.5, 0.6) is 0 Å². The lowest BCUT2D eigenvalue weighted by Crippen LogP contribution is -2.00. The van der Waals surface area contributed by atoms with E-state index in [2.05, 4.69) is 31.8 Å². The average Bonchev–Trinajstić information content (AvgIpc) is 1.98. The molecule has 0 aromatic rings. The summed E-state index contributed by atoms with van der Waals surface area (Å²) in [6.45, 7) is 9.30. The summed E-state index contributed by atoms with van der Waals surface area (Å²) in [7, 11) is 0. The van der Waals surface area contributed by atoms with Gasteiger partial charge in [0.05, 0.1) is 0 Å². The zero-order valence-electron chi connectivity index (χ0n) is 7.39. The summed E-state index contributed by atoms with van der Waals surface area (Å²) >= 11 is 0. The number of aliphatic imine (C=N–C) groups is 1. The Hall–Kier alpha value is -0.590. The molecular weight excluding hydrogens is 122 g/mol. The molecule has 0 heterocycles. The van der Waals surface area contributed by atoms with Gasteiger partial charge < -0.3 is 0 Å². The van der Waals surface area contributed by atoms with E-state index in [4.69, 9.17) is 0 Å². The van der Waals surface area contributed by atoms with Crippen molar-refractivity contribution in [2.75, 3.05) is 6.54 Å². The summed E-state index contributed by atoms with van der Waals surface area (Å²) in [5, 5.41) is 0. The van der Waals surface area contributed by atoms with Crippen LogP contribution < -0.4 is 0 Å². The van der Waals surface area contributed by atoms with Crippen LogP contribution >= 0.6 is 0 Å². The zero-order valence-corrected chi connectivity index (χ0v) is 7.39. The van der Waals surface area contributed by atoms with Crippen LogP contribution in [0.2, 0.25) is 0 Å². The molecule has 0 rings (SSSR count). The predicted octanol–water partition coefficient (Wildman–Crippen LogP) is 2.68. The second-order valence-corrected chi connectivity index (χ2v) is 2.56. The molecule has 10 heavy (non-hydrogen) atoms. The highest BCUT2D eigenvalue weighted by Gasteiger charge is 1.99. The molecule has 0 spiro atoms. The van der Waals surface area contributed by atoms with Crippen molar-refractivity contribution in [3.63, 3.8) is 0 Å². The first kappa shape index (κ1) is 9.41. The molecule has 0 aliphatic carbocycles. The highest BCUT2D eigenvalue weighted by Crippen LogP contribution is 2.08. The van der Waals surface area contributed by atoms with Crippen LogP contribution in [0, 0.1) is 5.92 Å². The van der Waals surface area contributed by atoms with Crippen molar-refractivity contribution in [1.82, 2.24) is 0 Å². The van der Waals surface area contributed by atoms with Crippen molar-refractivity contribution < 1.29 is 0 Å². The Morgan fingerprint density at radius 1 is 1.50 bits per heavy atom. The van der Waals surface area contributed by atoms with Crippen LogP contribution in [-0.4, -0.2) is 12.8 Å². The Morgan fingerprint density at radius 2 is 2.10 bits per heavy atom. The van der Waals surface area contributed by atoms with Gasteiger partial charge in [-0.3, -0.25) is 4.99 Å². The van der Waals surface area contributed by atoms with E-state index >= 15 is 0 Å². The van der Waals surface area contributed by atoms with Crippen LogP contribution in [0.25, 0.3) is 0 Å². The Balaban J connectivity index is 3.73. The smallest absolute Gasteiger partial charge is 0.0447 e. The topological polar surface area (TPSA) is 12.4 Å². The second-order valence-electron chi connectivity index (χ2n) is 2.56. The van der Waals surface area contributed by atoms with Gasteiger partial charge in [-0.2, -0.15) is 0 Å². The number of allylic oxidation sites excluding steroid dienone is 1. The maximum absolute atomic E-state index is 4.17. The third-order valence-electron chi connectivity index (χ3n) is 1.79. The predicted molar refractivity (Wildman–Crippen MR) is 47.6 cm³/mol. The number of hydrogen-bond acceptors (Lipinski definition) is 1. The minimum absolute atomic E-state index is 0.598. The van der Waals surface area contributed by atoms with Gasteiger partial charge in [-0.15, -0.1) is 0 Å². The standard InChI is InChI=1S/C9H17N/c1-5-8(3)9(4)7-10-6-2/h5-6,9H,7H2,1-4H3. The van der Waals surface area contributed by atoms with Crippen molar-refractivity contribution in [3.8, 4) is 0 Å². The highest BCUT2D eigenvalue weighted by molar-refractivity contribution is 5.53. The average molecular weight is 139 g/mol. The van der Waals surface area contributed by atoms with E-state index in [1.54, 1.807) is 0 Å². The first-order chi connectivity index (χ1) is 4.72. The molecule has 0 saturated heterocycles. The first-order valence-corrected chi connectivity index (χ1v) is 3.79. The third kappa shape index (κ3) is 3.44. The van der Waals surface area contributed by atoms with Gasteiger partial charge in [-0.05, 0) is 32.9 Å². The van der Waals surface area contributed by atoms with Gasteiger partial charge in [0.1, 0.15) is 0 Å². The van der Waals surface area contributed by atoms with Crippen LogP contribution in [0.4, 0.5) is 0 Å². The lowest BCUT2D eigenvalue weighted by molar-refractivity contribution is 0.695. The van der Waals surface area contributed by atoms with E-state index in [1.807, 2.05) is 13.1 Å². The summed E-state index contributed by atoms with van der Waals surface area (Å²) in [5.74, 6) is 0.598. The second kappa shape index (κ2) is 5.21. The summed E-state index contributed by atoms with van der Waals surface area (Å²) in [6, 6.07) is 0. The summed E-state index contributed by atoms with van der Waals surface area (Å²) < 4.78 is 0. The van der Waals surface area contributed by atoms with E-state index in [0.717, 1.165) is 6.54 Å². The van der Waals surface area contributed by atoms with Crippen LogP contribution in [0.3, 0.4) is 0 Å². The molecule has 1 nitrogen and oxygen atoms in total. The van der Waals surface area contributed by atoms with E-state index in [-0.39, 0.29) is 0 Å². The quantitative estimate of drug-likeness (QED) is 0.421. The molecule has 0 N–H and O–H groups in total. The van der Waals surface area contributed by atoms with E-state index < -0.39 is 0 Å². The number of rotatable bonds is 3. The van der Waals surface area contributed by atoms with Gasteiger partial charge in [0.2, 0.25) is 0 Å². The zero-order chi connectivity index (χ0) is 7.98. The fourth-order valence-corrected chi connectivity index (χ4v) is 0.692. The molecule has 0 aliphatic heterocycles. The SMILES string of the molecule is CC=NCC(C)C(C)=CC. The van der Waals surface area contributed by atoms with Crippen LogP contribution in [0.1, 0.15) is 27.7 Å². The van der Waals surface area contributed by atoms with E-state index in [0.29, 0.717) is 5.92 Å². The lowest BCUT2D eigenvalue weighted by Gasteiger charge is -2.06. The summed E-state index contributed by atoms with van der Waals surface area (Å²) in [5.41, 5.74) is 1.42. The van der Waals surface area contributed by atoms with Gasteiger partial charge in [-0.1, -0.05) is 18.6 Å². The van der Waals surface area contributed by atoms with Crippen molar-refractivity contribution in [1.29, 1.82) is 0 Å². The summed E-state index contributed by atoms with van der Waals surface area (Å²) in [6.07, 6.45) is 4.01. The summed E-state index contributed by atoms with van der Waals surface area (Å²) in [4.78, 5) is 4.17. The molecule has 0 aromatic heterocycles. The fourth-order valence-electron chi connectivity index (χ4n) is 0.692. The van der Waals surface area contributed by atoms with Crippen LogP contribution in [-0.2, 0) is 0 Å². The van der Waals surface area contributed by atoms with Gasteiger partial charge in [0.25, 0.3) is 0 Å². The van der Waals surface area contributed by atoms with E-state index in [9.17, 15) is 0 Å². The Kier molecular flexibility index (Phi) is 4.91. The van der Waals surface area contributed by atoms with Crippen molar-refractivity contribution in [3.05, 3.63) is 11.6 Å². The Morgan fingerprint density at radius 3 is 2.50 bits per heavy atom. The lowest BCUT2D eigenvalue weighted by atomic mass is 10.0. The number of hydrogen-bond donors (Lipinski definition) is 0. The fraction of sp³-hybridized carbons (Fsp3) is 0.667. The molecule has 0 bridgehead atoms. The van der Waals surface area contributed by atoms with Gasteiger partial charge >= 0.3 is 0 Å². The maximum Gasteiger partial charge on any atom is 0.0447 e. The third-order valence-corrected chi connectivity index (χ3v) is 1.79. The molecule has 58 valence electrons. The maximum atomic E-state index is 4.17. The molecule has 0 aliphatic rings. The molecule has 0 aromatic carbocycles. The molecule has 1 atom stereocenters. The molecule has 0 fully saturated rings. The van der Waals surface area contributed by atoms with Crippen molar-refractivity contribution in [2.24, 2.45) is 10.9 Å². The molecular formula is C9H17N. The van der Waals surface area contributed by atoms with Crippen molar-refractivity contribution >= 4 is 6.21 Å². The molecule has 0 amide bonds. The molecule has 1 unspecified atom stereocenters.